The van der Waals surface area contributed by atoms with Gasteiger partial charge >= 0.3 is 0 Å². The fraction of sp³-hybridized carbons (Fsp3) is 0.280. The molecule has 0 saturated carbocycles. The van der Waals surface area contributed by atoms with E-state index in [1.54, 1.807) is 16.2 Å². The van der Waals surface area contributed by atoms with Crippen LogP contribution in [0.4, 0.5) is 0 Å². The van der Waals surface area contributed by atoms with E-state index in [4.69, 9.17) is 0 Å². The Bertz CT molecular complexity index is 924. The summed E-state index contributed by atoms with van der Waals surface area (Å²) in [5.74, 6) is -0.0669. The molecule has 0 spiro atoms. The Labute approximate surface area is 182 Å². The van der Waals surface area contributed by atoms with Crippen LogP contribution < -0.4 is 0 Å². The molecule has 0 atom stereocenters. The Kier molecular flexibility index (Phi) is 7.80. The number of nitrogens with zero attached hydrogens (tertiary/aromatic N) is 2. The number of carbonyl (C=O) groups excluding carboxylic acids is 2. The van der Waals surface area contributed by atoms with E-state index in [0.29, 0.717) is 19.5 Å². The standard InChI is InChI=1S/C25H28N2O2S/c1-20(2)27(24(28)16-21-10-5-3-6-11-21)19-25(29)26(18-23-14-9-15-30-23)17-22-12-7-4-8-13-22/h3-15,20H,16-19H2,1-2H3. The Morgan fingerprint density at radius 1 is 0.800 bits per heavy atom. The zero-order chi connectivity index (χ0) is 21.3. The van der Waals surface area contributed by atoms with Gasteiger partial charge in [0.25, 0.3) is 0 Å². The van der Waals surface area contributed by atoms with Crippen molar-refractivity contribution in [2.75, 3.05) is 6.54 Å². The van der Waals surface area contributed by atoms with Crippen LogP contribution in [0.5, 0.6) is 0 Å². The highest BCUT2D eigenvalue weighted by molar-refractivity contribution is 7.09. The highest BCUT2D eigenvalue weighted by Crippen LogP contribution is 2.16. The lowest BCUT2D eigenvalue weighted by molar-refractivity contribution is -0.142. The summed E-state index contributed by atoms with van der Waals surface area (Å²) < 4.78 is 0. The molecule has 0 fully saturated rings. The minimum absolute atomic E-state index is 0.0275. The van der Waals surface area contributed by atoms with E-state index in [1.807, 2.05) is 96.9 Å². The maximum Gasteiger partial charge on any atom is 0.242 e. The van der Waals surface area contributed by atoms with Crippen molar-refractivity contribution in [3.63, 3.8) is 0 Å². The highest BCUT2D eigenvalue weighted by Gasteiger charge is 2.24. The zero-order valence-corrected chi connectivity index (χ0v) is 18.3. The summed E-state index contributed by atoms with van der Waals surface area (Å²) in [6.07, 6.45) is 0.301. The van der Waals surface area contributed by atoms with Gasteiger partial charge in [-0.25, -0.2) is 0 Å². The molecular weight excluding hydrogens is 392 g/mol. The second-order valence-corrected chi connectivity index (χ2v) is 8.62. The number of rotatable bonds is 9. The van der Waals surface area contributed by atoms with Crippen LogP contribution in [0.25, 0.3) is 0 Å². The van der Waals surface area contributed by atoms with E-state index in [2.05, 4.69) is 0 Å². The molecule has 5 heteroatoms. The fourth-order valence-corrected chi connectivity index (χ4v) is 4.02. The molecule has 0 aliphatic heterocycles. The van der Waals surface area contributed by atoms with E-state index in [1.165, 1.54) is 0 Å². The number of hydrogen-bond donors (Lipinski definition) is 0. The Hall–Kier alpha value is -2.92. The van der Waals surface area contributed by atoms with Crippen molar-refractivity contribution >= 4 is 23.2 Å². The van der Waals surface area contributed by atoms with Gasteiger partial charge in [0.15, 0.2) is 0 Å². The van der Waals surface area contributed by atoms with Gasteiger partial charge in [0.2, 0.25) is 11.8 Å². The Morgan fingerprint density at radius 2 is 1.43 bits per heavy atom. The molecule has 0 unspecified atom stereocenters. The topological polar surface area (TPSA) is 40.6 Å². The van der Waals surface area contributed by atoms with Crippen LogP contribution in [0.1, 0.15) is 29.9 Å². The quantitative estimate of drug-likeness (QED) is 0.501. The second kappa shape index (κ2) is 10.7. The number of carbonyl (C=O) groups is 2. The Balaban J connectivity index is 1.73. The first-order valence-electron chi connectivity index (χ1n) is 10.2. The molecule has 0 aliphatic carbocycles. The Morgan fingerprint density at radius 3 is 2.00 bits per heavy atom. The molecular formula is C25H28N2O2S. The smallest absolute Gasteiger partial charge is 0.242 e. The third-order valence-corrected chi connectivity index (χ3v) is 5.80. The normalized spacial score (nSPS) is 10.8. The molecule has 3 rings (SSSR count). The lowest BCUT2D eigenvalue weighted by Gasteiger charge is -2.30. The minimum atomic E-state index is -0.0505. The van der Waals surface area contributed by atoms with Crippen molar-refractivity contribution in [3.05, 3.63) is 94.2 Å². The van der Waals surface area contributed by atoms with E-state index < -0.39 is 0 Å². The number of benzene rings is 2. The van der Waals surface area contributed by atoms with E-state index in [0.717, 1.165) is 16.0 Å². The predicted octanol–water partition coefficient (Wildman–Crippen LogP) is 4.76. The van der Waals surface area contributed by atoms with E-state index in [9.17, 15) is 9.59 Å². The zero-order valence-electron chi connectivity index (χ0n) is 17.5. The van der Waals surface area contributed by atoms with Gasteiger partial charge in [0.1, 0.15) is 6.54 Å². The first-order valence-corrected chi connectivity index (χ1v) is 11.1. The molecule has 2 aromatic carbocycles. The molecule has 1 heterocycles. The maximum atomic E-state index is 13.3. The van der Waals surface area contributed by atoms with Crippen LogP contribution >= 0.6 is 11.3 Å². The van der Waals surface area contributed by atoms with Gasteiger partial charge in [-0.15, -0.1) is 11.3 Å². The molecule has 1 aromatic heterocycles. The van der Waals surface area contributed by atoms with Crippen molar-refractivity contribution in [2.45, 2.75) is 39.4 Å². The lowest BCUT2D eigenvalue weighted by atomic mass is 10.1. The molecule has 0 bridgehead atoms. The summed E-state index contributed by atoms with van der Waals surface area (Å²) in [6.45, 7) is 5.07. The summed E-state index contributed by atoms with van der Waals surface area (Å²) >= 11 is 1.64. The summed E-state index contributed by atoms with van der Waals surface area (Å²) in [6, 6.07) is 23.6. The second-order valence-electron chi connectivity index (χ2n) is 7.59. The molecule has 2 amide bonds. The van der Waals surface area contributed by atoms with Crippen molar-refractivity contribution < 1.29 is 9.59 Å². The van der Waals surface area contributed by atoms with Crippen molar-refractivity contribution in [2.24, 2.45) is 0 Å². The van der Waals surface area contributed by atoms with Crippen molar-refractivity contribution in [1.82, 2.24) is 9.80 Å². The molecule has 30 heavy (non-hydrogen) atoms. The fourth-order valence-electron chi connectivity index (χ4n) is 3.30. The third kappa shape index (κ3) is 6.29. The van der Waals surface area contributed by atoms with Crippen molar-refractivity contribution in [1.29, 1.82) is 0 Å². The summed E-state index contributed by atoms with van der Waals surface area (Å²) in [7, 11) is 0. The third-order valence-electron chi connectivity index (χ3n) is 4.94. The maximum absolute atomic E-state index is 13.3. The molecule has 0 aliphatic rings. The van der Waals surface area contributed by atoms with Crippen LogP contribution in [0.15, 0.2) is 78.2 Å². The van der Waals surface area contributed by atoms with Gasteiger partial charge in [-0.1, -0.05) is 66.7 Å². The summed E-state index contributed by atoms with van der Waals surface area (Å²) in [5.41, 5.74) is 2.04. The first-order chi connectivity index (χ1) is 14.5. The van der Waals surface area contributed by atoms with Gasteiger partial charge < -0.3 is 9.80 Å². The SMILES string of the molecule is CC(C)N(CC(=O)N(Cc1ccccc1)Cc1cccs1)C(=O)Cc1ccccc1. The van der Waals surface area contributed by atoms with Gasteiger partial charge in [-0.3, -0.25) is 9.59 Å². The molecule has 0 N–H and O–H groups in total. The largest absolute Gasteiger partial charge is 0.332 e. The van der Waals surface area contributed by atoms with Gasteiger partial charge in [-0.2, -0.15) is 0 Å². The van der Waals surface area contributed by atoms with Crippen LogP contribution in [0, 0.1) is 0 Å². The molecule has 4 nitrogen and oxygen atoms in total. The van der Waals surface area contributed by atoms with Gasteiger partial charge in [0.05, 0.1) is 13.0 Å². The molecule has 3 aromatic rings. The first kappa shape index (κ1) is 21.8. The van der Waals surface area contributed by atoms with Crippen LogP contribution in [0.2, 0.25) is 0 Å². The van der Waals surface area contributed by atoms with Crippen LogP contribution in [-0.4, -0.2) is 34.2 Å². The molecule has 0 saturated heterocycles. The number of thiophene rings is 1. The number of hydrogen-bond acceptors (Lipinski definition) is 3. The summed E-state index contributed by atoms with van der Waals surface area (Å²) in [4.78, 5) is 30.9. The lowest BCUT2D eigenvalue weighted by Crippen LogP contribution is -2.46. The minimum Gasteiger partial charge on any atom is -0.332 e. The number of amides is 2. The van der Waals surface area contributed by atoms with Crippen molar-refractivity contribution in [3.8, 4) is 0 Å². The van der Waals surface area contributed by atoms with Gasteiger partial charge in [-0.05, 0) is 36.4 Å². The highest BCUT2D eigenvalue weighted by atomic mass is 32.1. The molecule has 0 radical (unpaired) electrons. The van der Waals surface area contributed by atoms with Gasteiger partial charge in [0, 0.05) is 17.5 Å². The van der Waals surface area contributed by atoms with Crippen LogP contribution in [0.3, 0.4) is 0 Å². The molecule has 156 valence electrons. The summed E-state index contributed by atoms with van der Waals surface area (Å²) in [5, 5.41) is 2.02. The predicted molar refractivity (Wildman–Crippen MR) is 122 cm³/mol. The van der Waals surface area contributed by atoms with E-state index in [-0.39, 0.29) is 24.4 Å². The van der Waals surface area contributed by atoms with Crippen LogP contribution in [-0.2, 0) is 29.1 Å². The average Bonchev–Trinajstić information content (AvgIpc) is 3.25. The monoisotopic (exact) mass is 420 g/mol. The average molecular weight is 421 g/mol. The van der Waals surface area contributed by atoms with E-state index >= 15 is 0 Å².